The minimum atomic E-state index is -0.142. The number of ether oxygens (including phenoxy) is 3. The molecule has 3 aromatic rings. The summed E-state index contributed by atoms with van der Waals surface area (Å²) in [6.45, 7) is 4.50. The molecule has 1 unspecified atom stereocenters. The first-order chi connectivity index (χ1) is 22.6. The van der Waals surface area contributed by atoms with Crippen molar-refractivity contribution >= 4 is 28.8 Å². The summed E-state index contributed by atoms with van der Waals surface area (Å²) in [6, 6.07) is 26.1. The van der Waals surface area contributed by atoms with Crippen LogP contribution in [-0.2, 0) is 16.0 Å². The van der Waals surface area contributed by atoms with E-state index in [1.54, 1.807) is 11.8 Å². The van der Waals surface area contributed by atoms with Gasteiger partial charge in [-0.3, -0.25) is 4.79 Å². The number of hydrogen-bond acceptors (Lipinski definition) is 5. The molecule has 1 fully saturated rings. The van der Waals surface area contributed by atoms with Gasteiger partial charge in [-0.15, -0.1) is 0 Å². The van der Waals surface area contributed by atoms with E-state index in [4.69, 9.17) is 14.2 Å². The maximum Gasteiger partial charge on any atom is 0.232 e. The molecule has 0 bridgehead atoms. The van der Waals surface area contributed by atoms with Crippen molar-refractivity contribution < 1.29 is 19.0 Å². The van der Waals surface area contributed by atoms with E-state index in [1.807, 2.05) is 11.9 Å². The minimum absolute atomic E-state index is 0.142. The molecule has 246 valence electrons. The van der Waals surface area contributed by atoms with Crippen LogP contribution in [0.1, 0.15) is 93.4 Å². The van der Waals surface area contributed by atoms with Crippen LogP contribution in [0.2, 0.25) is 0 Å². The summed E-state index contributed by atoms with van der Waals surface area (Å²) in [5.41, 5.74) is 7.82. The van der Waals surface area contributed by atoms with Crippen molar-refractivity contribution in [3.8, 4) is 11.5 Å². The summed E-state index contributed by atoms with van der Waals surface area (Å²) in [4.78, 5) is 14.1. The van der Waals surface area contributed by atoms with Crippen LogP contribution in [0.4, 0.5) is 0 Å². The Kier molecular flexibility index (Phi) is 13.5. The predicted octanol–water partition coefficient (Wildman–Crippen LogP) is 9.43. The van der Waals surface area contributed by atoms with Crippen molar-refractivity contribution in [2.75, 3.05) is 38.3 Å². The van der Waals surface area contributed by atoms with Crippen LogP contribution in [0, 0.1) is 0 Å². The average Bonchev–Trinajstić information content (AvgIpc) is 3.28. The number of benzene rings is 3. The standard InChI is InChI=1S/C40H51NO4S/c1-3-4-25-41(2)38(42)30-46-28-12-6-10-26-43-34-21-19-32(20-22-34)40-36(31-14-7-5-8-15-31)17-13-16-33-29-35(23-24-37(33)40)45-39-18-9-11-27-44-39/h5,7-8,14-15,19-24,29,39H,3-4,6,9-13,16-18,25-28,30H2,1-2H3. The van der Waals surface area contributed by atoms with Gasteiger partial charge in [0.1, 0.15) is 11.5 Å². The lowest BCUT2D eigenvalue weighted by atomic mass is 9.88. The first-order valence-electron chi connectivity index (χ1n) is 17.4. The van der Waals surface area contributed by atoms with Crippen molar-refractivity contribution in [2.24, 2.45) is 0 Å². The Morgan fingerprint density at radius 2 is 1.72 bits per heavy atom. The fourth-order valence-electron chi connectivity index (χ4n) is 6.23. The van der Waals surface area contributed by atoms with Gasteiger partial charge >= 0.3 is 0 Å². The Hall–Kier alpha value is -3.22. The monoisotopic (exact) mass is 641 g/mol. The zero-order valence-corrected chi connectivity index (χ0v) is 28.6. The van der Waals surface area contributed by atoms with Crippen LogP contribution >= 0.6 is 11.8 Å². The van der Waals surface area contributed by atoms with Crippen molar-refractivity contribution in [1.82, 2.24) is 4.90 Å². The van der Waals surface area contributed by atoms with E-state index in [9.17, 15) is 4.79 Å². The number of carbonyl (C=O) groups excluding carboxylic acids is 1. The lowest BCUT2D eigenvalue weighted by molar-refractivity contribution is -0.127. The second-order valence-corrected chi connectivity index (χ2v) is 13.6. The van der Waals surface area contributed by atoms with Gasteiger partial charge < -0.3 is 19.1 Å². The predicted molar refractivity (Wildman–Crippen MR) is 192 cm³/mol. The van der Waals surface area contributed by atoms with Gasteiger partial charge in [-0.05, 0) is 121 Å². The van der Waals surface area contributed by atoms with Crippen molar-refractivity contribution in [2.45, 2.75) is 83.8 Å². The maximum atomic E-state index is 12.2. The largest absolute Gasteiger partial charge is 0.494 e. The molecular formula is C40H51NO4S. The molecule has 0 saturated carbocycles. The highest BCUT2D eigenvalue weighted by Crippen LogP contribution is 2.41. The van der Waals surface area contributed by atoms with Crippen LogP contribution in [0.25, 0.3) is 11.1 Å². The first-order valence-corrected chi connectivity index (χ1v) is 18.5. The first kappa shape index (κ1) is 34.1. The Balaban J connectivity index is 1.19. The molecule has 2 aliphatic rings. The normalized spacial score (nSPS) is 16.4. The SMILES string of the molecule is CCCCN(C)C(=O)CSCCCCCOc1ccc(C2=C(c3ccccc3)CCCc3cc(OC4CCCCO4)ccc32)cc1. The molecule has 1 saturated heterocycles. The summed E-state index contributed by atoms with van der Waals surface area (Å²) >= 11 is 1.75. The quantitative estimate of drug-likeness (QED) is 0.146. The van der Waals surface area contributed by atoms with E-state index in [-0.39, 0.29) is 12.2 Å². The number of rotatable bonds is 16. The Bertz CT molecular complexity index is 1400. The number of fused-ring (bicyclic) bond motifs is 1. The van der Waals surface area contributed by atoms with Gasteiger partial charge in [-0.1, -0.05) is 61.9 Å². The van der Waals surface area contributed by atoms with E-state index in [2.05, 4.69) is 79.7 Å². The molecule has 0 N–H and O–H groups in total. The van der Waals surface area contributed by atoms with E-state index < -0.39 is 0 Å². The Morgan fingerprint density at radius 1 is 0.891 bits per heavy atom. The summed E-state index contributed by atoms with van der Waals surface area (Å²) in [5, 5.41) is 0. The van der Waals surface area contributed by atoms with Gasteiger partial charge in [-0.25, -0.2) is 0 Å². The van der Waals surface area contributed by atoms with Gasteiger partial charge in [-0.2, -0.15) is 11.8 Å². The molecule has 5 nitrogen and oxygen atoms in total. The van der Waals surface area contributed by atoms with Gasteiger partial charge in [0.2, 0.25) is 5.91 Å². The molecule has 1 aliphatic carbocycles. The third kappa shape index (κ3) is 9.89. The van der Waals surface area contributed by atoms with Gasteiger partial charge in [0.15, 0.2) is 6.29 Å². The minimum Gasteiger partial charge on any atom is -0.494 e. The van der Waals surface area contributed by atoms with Crippen LogP contribution < -0.4 is 9.47 Å². The molecule has 1 heterocycles. The highest BCUT2D eigenvalue weighted by molar-refractivity contribution is 7.99. The van der Waals surface area contributed by atoms with Gasteiger partial charge in [0.25, 0.3) is 0 Å². The second kappa shape index (κ2) is 18.2. The van der Waals surface area contributed by atoms with Crippen molar-refractivity contribution in [1.29, 1.82) is 0 Å². The summed E-state index contributed by atoms with van der Waals surface area (Å²) < 4.78 is 18.3. The lowest BCUT2D eigenvalue weighted by Gasteiger charge is -2.24. The van der Waals surface area contributed by atoms with Crippen molar-refractivity contribution in [3.05, 3.63) is 95.1 Å². The van der Waals surface area contributed by atoms with Crippen LogP contribution in [0.15, 0.2) is 72.8 Å². The fourth-order valence-corrected chi connectivity index (χ4v) is 7.18. The molecular weight excluding hydrogens is 591 g/mol. The van der Waals surface area contributed by atoms with Crippen molar-refractivity contribution in [3.63, 3.8) is 0 Å². The Labute approximate surface area is 280 Å². The number of amides is 1. The highest BCUT2D eigenvalue weighted by Gasteiger charge is 2.22. The van der Waals surface area contributed by atoms with Crippen LogP contribution in [-0.4, -0.2) is 55.4 Å². The molecule has 0 spiro atoms. The number of allylic oxidation sites excluding steroid dienone is 1. The van der Waals surface area contributed by atoms with Gasteiger partial charge in [0.05, 0.1) is 19.0 Å². The number of aryl methyl sites for hydroxylation is 1. The third-order valence-electron chi connectivity index (χ3n) is 8.89. The second-order valence-electron chi connectivity index (χ2n) is 12.5. The smallest absolute Gasteiger partial charge is 0.232 e. The number of thioether (sulfide) groups is 1. The lowest BCUT2D eigenvalue weighted by Crippen LogP contribution is -2.29. The van der Waals surface area contributed by atoms with E-state index in [1.165, 1.54) is 33.4 Å². The highest BCUT2D eigenvalue weighted by atomic mass is 32.2. The molecule has 0 radical (unpaired) electrons. The summed E-state index contributed by atoms with van der Waals surface area (Å²) in [6.07, 6.45) is 11.6. The molecule has 5 rings (SSSR count). The zero-order valence-electron chi connectivity index (χ0n) is 27.8. The summed E-state index contributed by atoms with van der Waals surface area (Å²) in [5.74, 6) is 3.66. The third-order valence-corrected chi connectivity index (χ3v) is 9.92. The average molecular weight is 642 g/mol. The molecule has 1 aliphatic heterocycles. The van der Waals surface area contributed by atoms with Gasteiger partial charge in [0, 0.05) is 20.0 Å². The molecule has 1 atom stereocenters. The topological polar surface area (TPSA) is 48.0 Å². The summed E-state index contributed by atoms with van der Waals surface area (Å²) in [7, 11) is 1.91. The maximum absolute atomic E-state index is 12.2. The number of unbranched alkanes of at least 4 members (excludes halogenated alkanes) is 3. The Morgan fingerprint density at radius 3 is 2.50 bits per heavy atom. The molecule has 3 aromatic carbocycles. The zero-order chi connectivity index (χ0) is 32.0. The fraction of sp³-hybridized carbons (Fsp3) is 0.475. The number of nitrogens with zero attached hydrogens (tertiary/aromatic N) is 1. The van der Waals surface area contributed by atoms with E-state index in [0.717, 1.165) is 101 Å². The molecule has 46 heavy (non-hydrogen) atoms. The number of hydrogen-bond donors (Lipinski definition) is 0. The van der Waals surface area contributed by atoms with Crippen LogP contribution in [0.5, 0.6) is 11.5 Å². The van der Waals surface area contributed by atoms with Crippen LogP contribution in [0.3, 0.4) is 0 Å². The molecule has 0 aromatic heterocycles. The molecule has 1 amide bonds. The van der Waals surface area contributed by atoms with E-state index in [0.29, 0.717) is 12.4 Å². The number of carbonyl (C=O) groups is 1. The molecule has 6 heteroatoms. The van der Waals surface area contributed by atoms with E-state index >= 15 is 0 Å².